The molecule has 1 fully saturated rings. The minimum atomic E-state index is -0.161. The van der Waals surface area contributed by atoms with Gasteiger partial charge in [0.25, 0.3) is 5.91 Å². The van der Waals surface area contributed by atoms with Crippen LogP contribution in [0, 0.1) is 0 Å². The van der Waals surface area contributed by atoms with Gasteiger partial charge in [0.2, 0.25) is 6.41 Å². The van der Waals surface area contributed by atoms with Crippen molar-refractivity contribution in [3.63, 3.8) is 0 Å². The number of carbonyl (C=O) groups is 2. The van der Waals surface area contributed by atoms with Crippen LogP contribution < -0.4 is 5.32 Å². The van der Waals surface area contributed by atoms with Gasteiger partial charge in [-0.1, -0.05) is 5.57 Å². The van der Waals surface area contributed by atoms with Crippen molar-refractivity contribution in [2.75, 3.05) is 26.2 Å². The smallest absolute Gasteiger partial charge is 0.272 e. The molecule has 2 heterocycles. The number of hydrogen-bond acceptors (Lipinski definition) is 4. The van der Waals surface area contributed by atoms with Crippen molar-refractivity contribution in [3.8, 4) is 0 Å². The zero-order chi connectivity index (χ0) is 12.3. The van der Waals surface area contributed by atoms with E-state index in [1.54, 1.807) is 0 Å². The Labute approximate surface area is 101 Å². The molecular weight excluding hydrogens is 218 g/mol. The summed E-state index contributed by atoms with van der Waals surface area (Å²) in [6.07, 6.45) is 3.62. The third-order valence-electron chi connectivity index (χ3n) is 3.45. The maximum absolute atomic E-state index is 12.3. The Kier molecular flexibility index (Phi) is 3.91. The highest BCUT2D eigenvalue weighted by Crippen LogP contribution is 2.17. The molecule has 0 radical (unpaired) electrons. The summed E-state index contributed by atoms with van der Waals surface area (Å²) in [6, 6.07) is 0. The predicted molar refractivity (Wildman–Crippen MR) is 63.9 cm³/mol. The molecule has 2 aliphatic rings. The van der Waals surface area contributed by atoms with Crippen molar-refractivity contribution in [2.24, 2.45) is 0 Å². The lowest BCUT2D eigenvalue weighted by molar-refractivity contribution is -0.151. The number of hydrogen-bond donors (Lipinski definition) is 1. The number of amides is 2. The standard InChI is InChI=1S/C12H19N3O2/c1-10-4-5-13-8-11(10)12(17)15(9-16)14-6-2-3-7-14/h9,13H,2-8H2,1H3. The summed E-state index contributed by atoms with van der Waals surface area (Å²) in [4.78, 5) is 23.4. The van der Waals surface area contributed by atoms with Crippen LogP contribution in [0.25, 0.3) is 0 Å². The fourth-order valence-electron chi connectivity index (χ4n) is 2.35. The van der Waals surface area contributed by atoms with Crippen LogP contribution in [0.2, 0.25) is 0 Å². The maximum atomic E-state index is 12.3. The van der Waals surface area contributed by atoms with E-state index in [9.17, 15) is 9.59 Å². The lowest BCUT2D eigenvalue weighted by atomic mass is 10.0. The number of hydrazine groups is 1. The molecule has 1 N–H and O–H groups in total. The monoisotopic (exact) mass is 237 g/mol. The normalized spacial score (nSPS) is 21.7. The summed E-state index contributed by atoms with van der Waals surface area (Å²) in [5, 5.41) is 6.26. The number of nitrogens with one attached hydrogen (secondary N) is 1. The fourth-order valence-corrected chi connectivity index (χ4v) is 2.35. The third kappa shape index (κ3) is 2.56. The molecule has 0 aromatic heterocycles. The molecule has 2 aliphatic heterocycles. The van der Waals surface area contributed by atoms with Gasteiger partial charge in [-0.25, -0.2) is 10.0 Å². The van der Waals surface area contributed by atoms with E-state index in [0.29, 0.717) is 13.0 Å². The van der Waals surface area contributed by atoms with Gasteiger partial charge in [0.15, 0.2) is 0 Å². The molecule has 0 aromatic rings. The molecule has 0 aromatic carbocycles. The van der Waals surface area contributed by atoms with Gasteiger partial charge in [-0.05, 0) is 32.7 Å². The van der Waals surface area contributed by atoms with Gasteiger partial charge in [-0.3, -0.25) is 9.59 Å². The summed E-state index contributed by atoms with van der Waals surface area (Å²) < 4.78 is 0. The zero-order valence-corrected chi connectivity index (χ0v) is 10.2. The van der Waals surface area contributed by atoms with E-state index in [0.717, 1.165) is 50.0 Å². The highest BCUT2D eigenvalue weighted by atomic mass is 16.2. The Hall–Kier alpha value is -1.20. The molecule has 0 aliphatic carbocycles. The summed E-state index contributed by atoms with van der Waals surface area (Å²) in [5.74, 6) is -0.161. The largest absolute Gasteiger partial charge is 0.312 e. The predicted octanol–water partition coefficient (Wildman–Crippen LogP) is 0.292. The van der Waals surface area contributed by atoms with Gasteiger partial charge < -0.3 is 5.32 Å². The molecule has 0 saturated carbocycles. The topological polar surface area (TPSA) is 52.7 Å². The van der Waals surface area contributed by atoms with Gasteiger partial charge in [0.05, 0.1) is 0 Å². The summed E-state index contributed by atoms with van der Waals surface area (Å²) in [7, 11) is 0. The van der Waals surface area contributed by atoms with E-state index in [-0.39, 0.29) is 5.91 Å². The summed E-state index contributed by atoms with van der Waals surface area (Å²) >= 11 is 0. The van der Waals surface area contributed by atoms with E-state index in [1.807, 2.05) is 11.9 Å². The first-order valence-corrected chi connectivity index (χ1v) is 6.17. The molecule has 2 rings (SSSR count). The van der Waals surface area contributed by atoms with Crippen LogP contribution >= 0.6 is 0 Å². The van der Waals surface area contributed by atoms with Crippen molar-refractivity contribution < 1.29 is 9.59 Å². The van der Waals surface area contributed by atoms with Gasteiger partial charge >= 0.3 is 0 Å². The van der Waals surface area contributed by atoms with Crippen LogP contribution in [0.15, 0.2) is 11.1 Å². The number of carbonyl (C=O) groups excluding carboxylic acids is 2. The molecule has 0 atom stereocenters. The van der Waals surface area contributed by atoms with E-state index in [1.165, 1.54) is 5.01 Å². The first-order chi connectivity index (χ1) is 8.24. The second kappa shape index (κ2) is 5.42. The number of rotatable bonds is 3. The Morgan fingerprint density at radius 3 is 2.71 bits per heavy atom. The second-order valence-corrected chi connectivity index (χ2v) is 4.60. The van der Waals surface area contributed by atoms with E-state index in [4.69, 9.17) is 0 Å². The van der Waals surface area contributed by atoms with Crippen molar-refractivity contribution in [1.29, 1.82) is 0 Å². The molecule has 5 heteroatoms. The fraction of sp³-hybridized carbons (Fsp3) is 0.667. The molecule has 17 heavy (non-hydrogen) atoms. The van der Waals surface area contributed by atoms with Gasteiger partial charge in [-0.15, -0.1) is 0 Å². The van der Waals surface area contributed by atoms with Crippen LogP contribution in [0.3, 0.4) is 0 Å². The Morgan fingerprint density at radius 2 is 2.12 bits per heavy atom. The molecule has 94 valence electrons. The van der Waals surface area contributed by atoms with Crippen LogP contribution in [0.5, 0.6) is 0 Å². The highest BCUT2D eigenvalue weighted by molar-refractivity contribution is 5.99. The Balaban J connectivity index is 2.13. The average Bonchev–Trinajstić information content (AvgIpc) is 2.84. The minimum absolute atomic E-state index is 0.161. The van der Waals surface area contributed by atoms with E-state index < -0.39 is 0 Å². The van der Waals surface area contributed by atoms with E-state index >= 15 is 0 Å². The highest BCUT2D eigenvalue weighted by Gasteiger charge is 2.27. The molecule has 0 unspecified atom stereocenters. The molecule has 0 spiro atoms. The molecule has 5 nitrogen and oxygen atoms in total. The second-order valence-electron chi connectivity index (χ2n) is 4.60. The number of nitrogens with zero attached hydrogens (tertiary/aromatic N) is 2. The first-order valence-electron chi connectivity index (χ1n) is 6.17. The lowest BCUT2D eigenvalue weighted by Gasteiger charge is -2.28. The minimum Gasteiger partial charge on any atom is -0.312 e. The third-order valence-corrected chi connectivity index (χ3v) is 3.45. The van der Waals surface area contributed by atoms with Crippen LogP contribution in [0.1, 0.15) is 26.2 Å². The quantitative estimate of drug-likeness (QED) is 0.717. The zero-order valence-electron chi connectivity index (χ0n) is 10.2. The number of imide groups is 1. The van der Waals surface area contributed by atoms with Crippen molar-refractivity contribution >= 4 is 12.3 Å². The van der Waals surface area contributed by atoms with Crippen molar-refractivity contribution in [1.82, 2.24) is 15.3 Å². The lowest BCUT2D eigenvalue weighted by Crippen LogP contribution is -2.46. The molecule has 2 amide bonds. The van der Waals surface area contributed by atoms with Gasteiger partial charge in [0.1, 0.15) is 0 Å². The Bertz CT molecular complexity index is 346. The van der Waals surface area contributed by atoms with Crippen molar-refractivity contribution in [3.05, 3.63) is 11.1 Å². The molecule has 1 saturated heterocycles. The summed E-state index contributed by atoms with van der Waals surface area (Å²) in [6.45, 7) is 5.05. The SMILES string of the molecule is CC1=C(C(=O)N(C=O)N2CCCC2)CNCC1. The van der Waals surface area contributed by atoms with E-state index in [2.05, 4.69) is 5.32 Å². The average molecular weight is 237 g/mol. The first kappa shape index (κ1) is 12.3. The van der Waals surface area contributed by atoms with Crippen LogP contribution in [-0.2, 0) is 9.59 Å². The van der Waals surface area contributed by atoms with Crippen LogP contribution in [-0.4, -0.2) is 48.5 Å². The Morgan fingerprint density at radius 1 is 1.41 bits per heavy atom. The van der Waals surface area contributed by atoms with Gasteiger partial charge in [-0.2, -0.15) is 0 Å². The van der Waals surface area contributed by atoms with Crippen LogP contribution in [0.4, 0.5) is 0 Å². The van der Waals surface area contributed by atoms with Crippen molar-refractivity contribution in [2.45, 2.75) is 26.2 Å². The van der Waals surface area contributed by atoms with Gasteiger partial charge in [0, 0.05) is 25.2 Å². The molecular formula is C12H19N3O2. The maximum Gasteiger partial charge on any atom is 0.272 e. The summed E-state index contributed by atoms with van der Waals surface area (Å²) in [5.41, 5.74) is 1.84. The molecule has 0 bridgehead atoms.